The molecule has 0 aliphatic rings. The standard InChI is InChI=1S/C13H18BrNO3S/c1-4-19(17,18)9-10(2)15(3)13(16)11-6-5-7-12(14)8-11/h5-8,10H,4,9H2,1-3H3/t10-/m0/s1. The van der Waals surface area contributed by atoms with Crippen molar-refractivity contribution in [2.45, 2.75) is 19.9 Å². The van der Waals surface area contributed by atoms with Crippen molar-refractivity contribution >= 4 is 31.7 Å². The SMILES string of the molecule is CCS(=O)(=O)C[C@H](C)N(C)C(=O)c1cccc(Br)c1. The number of halogens is 1. The smallest absolute Gasteiger partial charge is 0.253 e. The van der Waals surface area contributed by atoms with E-state index in [1.807, 2.05) is 6.07 Å². The molecule has 0 bridgehead atoms. The molecule has 0 saturated carbocycles. The van der Waals surface area contributed by atoms with Crippen LogP contribution < -0.4 is 0 Å². The summed E-state index contributed by atoms with van der Waals surface area (Å²) in [4.78, 5) is 13.7. The number of carbonyl (C=O) groups is 1. The summed E-state index contributed by atoms with van der Waals surface area (Å²) in [6.45, 7) is 3.35. The van der Waals surface area contributed by atoms with Gasteiger partial charge in [-0.15, -0.1) is 0 Å². The first-order valence-corrected chi connectivity index (χ1v) is 8.61. The normalized spacial score (nSPS) is 13.1. The zero-order chi connectivity index (χ0) is 14.6. The predicted octanol–water partition coefficient (Wildman–Crippen LogP) is 2.34. The van der Waals surface area contributed by atoms with E-state index in [0.29, 0.717) is 5.56 Å². The fourth-order valence-electron chi connectivity index (χ4n) is 1.62. The molecule has 0 aliphatic carbocycles. The lowest BCUT2D eigenvalue weighted by Gasteiger charge is -2.24. The molecule has 0 aromatic heterocycles. The van der Waals surface area contributed by atoms with Crippen LogP contribution in [0.4, 0.5) is 0 Å². The van der Waals surface area contributed by atoms with Crippen molar-refractivity contribution in [3.63, 3.8) is 0 Å². The summed E-state index contributed by atoms with van der Waals surface area (Å²) >= 11 is 3.31. The van der Waals surface area contributed by atoms with Crippen molar-refractivity contribution in [3.8, 4) is 0 Å². The van der Waals surface area contributed by atoms with Gasteiger partial charge in [0.05, 0.1) is 5.75 Å². The third-order valence-electron chi connectivity index (χ3n) is 2.99. The fourth-order valence-corrected chi connectivity index (χ4v) is 3.22. The molecule has 106 valence electrons. The maximum Gasteiger partial charge on any atom is 0.253 e. The van der Waals surface area contributed by atoms with Crippen LogP contribution in [0.15, 0.2) is 28.7 Å². The number of rotatable bonds is 5. The highest BCUT2D eigenvalue weighted by Gasteiger charge is 2.22. The van der Waals surface area contributed by atoms with Crippen molar-refractivity contribution in [1.29, 1.82) is 0 Å². The Labute approximate surface area is 122 Å². The first-order valence-electron chi connectivity index (χ1n) is 6.00. The van der Waals surface area contributed by atoms with E-state index in [9.17, 15) is 13.2 Å². The Morgan fingerprint density at radius 2 is 2.05 bits per heavy atom. The Hall–Kier alpha value is -0.880. The zero-order valence-corrected chi connectivity index (χ0v) is 13.7. The third-order valence-corrected chi connectivity index (χ3v) is 5.35. The van der Waals surface area contributed by atoms with Crippen LogP contribution in [0.5, 0.6) is 0 Å². The van der Waals surface area contributed by atoms with Gasteiger partial charge in [0, 0.05) is 28.9 Å². The first-order chi connectivity index (χ1) is 8.76. The molecule has 19 heavy (non-hydrogen) atoms. The van der Waals surface area contributed by atoms with Crippen LogP contribution in [-0.4, -0.2) is 43.8 Å². The summed E-state index contributed by atoms with van der Waals surface area (Å²) in [5.41, 5.74) is 0.539. The molecular formula is C13H18BrNO3S. The number of hydrogen-bond acceptors (Lipinski definition) is 3. The number of nitrogens with zero attached hydrogens (tertiary/aromatic N) is 1. The van der Waals surface area contributed by atoms with Crippen LogP contribution >= 0.6 is 15.9 Å². The largest absolute Gasteiger partial charge is 0.338 e. The van der Waals surface area contributed by atoms with Crippen LogP contribution in [0.1, 0.15) is 24.2 Å². The average Bonchev–Trinajstić information content (AvgIpc) is 2.36. The molecule has 0 radical (unpaired) electrons. The van der Waals surface area contributed by atoms with E-state index in [2.05, 4.69) is 15.9 Å². The molecule has 0 spiro atoms. The van der Waals surface area contributed by atoms with Crippen LogP contribution in [-0.2, 0) is 9.84 Å². The van der Waals surface area contributed by atoms with Gasteiger partial charge in [-0.3, -0.25) is 4.79 Å². The van der Waals surface area contributed by atoms with Gasteiger partial charge in [-0.25, -0.2) is 8.42 Å². The maximum absolute atomic E-state index is 12.2. The number of carbonyl (C=O) groups excluding carboxylic acids is 1. The lowest BCUT2D eigenvalue weighted by Crippen LogP contribution is -2.39. The van der Waals surface area contributed by atoms with Gasteiger partial charge in [0.1, 0.15) is 0 Å². The molecular weight excluding hydrogens is 330 g/mol. The molecule has 0 N–H and O–H groups in total. The molecule has 1 atom stereocenters. The minimum absolute atomic E-state index is 0.0141. The molecule has 1 aromatic rings. The second-order valence-electron chi connectivity index (χ2n) is 4.47. The molecule has 1 rings (SSSR count). The number of sulfone groups is 1. The molecule has 0 saturated heterocycles. The summed E-state index contributed by atoms with van der Waals surface area (Å²) in [5.74, 6) is -0.101. The van der Waals surface area contributed by atoms with Gasteiger partial charge >= 0.3 is 0 Å². The van der Waals surface area contributed by atoms with E-state index in [0.717, 1.165) is 4.47 Å². The number of amides is 1. The van der Waals surface area contributed by atoms with Crippen LogP contribution in [0, 0.1) is 0 Å². The fraction of sp³-hybridized carbons (Fsp3) is 0.462. The molecule has 0 unspecified atom stereocenters. The summed E-state index contributed by atoms with van der Waals surface area (Å²) in [6.07, 6.45) is 0. The Bertz CT molecular complexity index is 557. The van der Waals surface area contributed by atoms with Crippen LogP contribution in [0.3, 0.4) is 0 Å². The molecule has 1 aromatic carbocycles. The summed E-state index contributed by atoms with van der Waals surface area (Å²) < 4.78 is 24.0. The summed E-state index contributed by atoms with van der Waals surface area (Å²) in [5, 5.41) is 0. The minimum atomic E-state index is -3.09. The highest BCUT2D eigenvalue weighted by Crippen LogP contribution is 2.14. The molecule has 0 fully saturated rings. The minimum Gasteiger partial charge on any atom is -0.338 e. The first kappa shape index (κ1) is 16.2. The topological polar surface area (TPSA) is 54.5 Å². The molecule has 1 amide bonds. The molecule has 6 heteroatoms. The van der Waals surface area contributed by atoms with E-state index in [1.165, 1.54) is 4.90 Å². The summed E-state index contributed by atoms with van der Waals surface area (Å²) in [6, 6.07) is 6.70. The van der Waals surface area contributed by atoms with Crippen molar-refractivity contribution in [2.75, 3.05) is 18.6 Å². The van der Waals surface area contributed by atoms with E-state index in [4.69, 9.17) is 0 Å². The van der Waals surface area contributed by atoms with Crippen molar-refractivity contribution < 1.29 is 13.2 Å². The lowest BCUT2D eigenvalue weighted by atomic mass is 10.2. The Balaban J connectivity index is 2.83. The second kappa shape index (κ2) is 6.52. The molecule has 4 nitrogen and oxygen atoms in total. The van der Waals surface area contributed by atoms with E-state index in [-0.39, 0.29) is 23.5 Å². The summed E-state index contributed by atoms with van der Waals surface area (Å²) in [7, 11) is -1.47. The second-order valence-corrected chi connectivity index (χ2v) is 7.79. The van der Waals surface area contributed by atoms with Gasteiger partial charge in [-0.05, 0) is 25.1 Å². The van der Waals surface area contributed by atoms with Gasteiger partial charge in [0.25, 0.3) is 5.91 Å². The predicted molar refractivity (Wildman–Crippen MR) is 80.0 cm³/mol. The Morgan fingerprint density at radius 1 is 1.42 bits per heavy atom. The van der Waals surface area contributed by atoms with Gasteiger partial charge in [-0.2, -0.15) is 0 Å². The Morgan fingerprint density at radius 3 is 2.58 bits per heavy atom. The monoisotopic (exact) mass is 347 g/mol. The third kappa shape index (κ3) is 4.62. The van der Waals surface area contributed by atoms with Crippen molar-refractivity contribution in [1.82, 2.24) is 4.90 Å². The highest BCUT2D eigenvalue weighted by molar-refractivity contribution is 9.10. The molecule has 0 aliphatic heterocycles. The van der Waals surface area contributed by atoms with E-state index in [1.54, 1.807) is 39.1 Å². The zero-order valence-electron chi connectivity index (χ0n) is 11.3. The van der Waals surface area contributed by atoms with E-state index >= 15 is 0 Å². The average molecular weight is 348 g/mol. The van der Waals surface area contributed by atoms with Gasteiger partial charge in [-0.1, -0.05) is 28.9 Å². The van der Waals surface area contributed by atoms with E-state index < -0.39 is 9.84 Å². The van der Waals surface area contributed by atoms with Gasteiger partial charge in [0.2, 0.25) is 0 Å². The quantitative estimate of drug-likeness (QED) is 0.821. The van der Waals surface area contributed by atoms with Gasteiger partial charge < -0.3 is 4.90 Å². The van der Waals surface area contributed by atoms with Crippen molar-refractivity contribution in [3.05, 3.63) is 34.3 Å². The van der Waals surface area contributed by atoms with Crippen LogP contribution in [0.2, 0.25) is 0 Å². The van der Waals surface area contributed by atoms with Crippen molar-refractivity contribution in [2.24, 2.45) is 0 Å². The number of hydrogen-bond donors (Lipinski definition) is 0. The number of benzene rings is 1. The lowest BCUT2D eigenvalue weighted by molar-refractivity contribution is 0.0756. The Kier molecular flexibility index (Phi) is 5.55. The maximum atomic E-state index is 12.2. The van der Waals surface area contributed by atoms with Gasteiger partial charge in [0.15, 0.2) is 9.84 Å². The molecule has 0 heterocycles. The van der Waals surface area contributed by atoms with Crippen LogP contribution in [0.25, 0.3) is 0 Å². The highest BCUT2D eigenvalue weighted by atomic mass is 79.9.